The Kier molecular flexibility index (Phi) is 2.76. The maximum atomic E-state index is 9.69. The molecule has 3 heterocycles. The largest absolute Gasteiger partial charge is 0.480 e. The summed E-state index contributed by atoms with van der Waals surface area (Å²) in [6, 6.07) is 1.66. The van der Waals surface area contributed by atoms with E-state index in [4.69, 9.17) is 16.3 Å². The van der Waals surface area contributed by atoms with Crippen LogP contribution < -0.4 is 4.90 Å². The molecule has 0 atom stereocenters. The molecular formula is C11H13ClN4O2. The second kappa shape index (κ2) is 4.29. The van der Waals surface area contributed by atoms with Crippen molar-refractivity contribution in [1.29, 1.82) is 0 Å². The van der Waals surface area contributed by atoms with Crippen molar-refractivity contribution in [3.63, 3.8) is 0 Å². The molecule has 2 aromatic heterocycles. The molecular weight excluding hydrogens is 256 g/mol. The van der Waals surface area contributed by atoms with Gasteiger partial charge in [0.05, 0.1) is 18.7 Å². The molecule has 3 rings (SSSR count). The molecule has 0 radical (unpaired) electrons. The topological polar surface area (TPSA) is 63.4 Å². The molecule has 1 aliphatic rings. The number of ether oxygens (including phenoxy) is 1. The van der Waals surface area contributed by atoms with Crippen LogP contribution in [0.3, 0.4) is 0 Å². The summed E-state index contributed by atoms with van der Waals surface area (Å²) in [6.45, 7) is 2.82. The highest BCUT2D eigenvalue weighted by Crippen LogP contribution is 2.29. The Hall–Kier alpha value is -1.53. The summed E-state index contributed by atoms with van der Waals surface area (Å²) < 4.78 is 6.91. The minimum Gasteiger partial charge on any atom is -0.480 e. The van der Waals surface area contributed by atoms with Crippen LogP contribution in [0.2, 0.25) is 5.15 Å². The first kappa shape index (κ1) is 11.6. The van der Waals surface area contributed by atoms with Gasteiger partial charge in [0.25, 0.3) is 6.01 Å². The third kappa shape index (κ3) is 1.77. The molecule has 0 aliphatic carbocycles. The number of pyridine rings is 1. The number of aromatic hydroxyl groups is 1. The smallest absolute Gasteiger partial charge is 0.294 e. The fourth-order valence-corrected chi connectivity index (χ4v) is 2.31. The third-order valence-corrected chi connectivity index (χ3v) is 3.30. The number of aryl methyl sites for hydroxylation is 1. The number of rotatable bonds is 1. The summed E-state index contributed by atoms with van der Waals surface area (Å²) in [4.78, 5) is 10.5. The SMILES string of the molecule is Cn1c(O)nc2c(N3CCOCC3)nc(Cl)cc21. The van der Waals surface area contributed by atoms with Crippen molar-refractivity contribution in [1.82, 2.24) is 14.5 Å². The van der Waals surface area contributed by atoms with Gasteiger partial charge in [-0.05, 0) is 0 Å². The van der Waals surface area contributed by atoms with E-state index in [-0.39, 0.29) is 6.01 Å². The highest BCUT2D eigenvalue weighted by Gasteiger charge is 2.20. The lowest BCUT2D eigenvalue weighted by Crippen LogP contribution is -2.36. The van der Waals surface area contributed by atoms with E-state index < -0.39 is 0 Å². The van der Waals surface area contributed by atoms with Crippen molar-refractivity contribution in [2.24, 2.45) is 7.05 Å². The van der Waals surface area contributed by atoms with Crippen LogP contribution in [0.5, 0.6) is 6.01 Å². The fourth-order valence-electron chi connectivity index (χ4n) is 2.12. The zero-order valence-electron chi connectivity index (χ0n) is 9.93. The first-order valence-corrected chi connectivity index (χ1v) is 6.09. The molecule has 0 bridgehead atoms. The highest BCUT2D eigenvalue weighted by molar-refractivity contribution is 6.30. The van der Waals surface area contributed by atoms with Crippen LogP contribution in [0, 0.1) is 0 Å². The standard InChI is InChI=1S/C11H13ClN4O2/c1-15-7-6-8(12)13-10(9(7)14-11(15)17)16-2-4-18-5-3-16/h6H,2-5H2,1H3,(H,14,17). The number of nitrogens with zero attached hydrogens (tertiary/aromatic N) is 4. The normalized spacial score (nSPS) is 16.4. The molecule has 1 aliphatic heterocycles. The Morgan fingerprint density at radius 3 is 2.78 bits per heavy atom. The van der Waals surface area contributed by atoms with Gasteiger partial charge in [-0.3, -0.25) is 4.57 Å². The number of morpholine rings is 1. The average molecular weight is 269 g/mol. The van der Waals surface area contributed by atoms with Crippen molar-refractivity contribution in [2.75, 3.05) is 31.2 Å². The molecule has 0 aromatic carbocycles. The summed E-state index contributed by atoms with van der Waals surface area (Å²) in [5, 5.41) is 10.1. The Balaban J connectivity index is 2.17. The van der Waals surface area contributed by atoms with E-state index in [1.807, 2.05) is 0 Å². The van der Waals surface area contributed by atoms with Crippen LogP contribution in [0.15, 0.2) is 6.07 Å². The molecule has 0 saturated carbocycles. The van der Waals surface area contributed by atoms with Crippen molar-refractivity contribution in [3.05, 3.63) is 11.2 Å². The Morgan fingerprint density at radius 2 is 2.06 bits per heavy atom. The predicted molar refractivity (Wildman–Crippen MR) is 68.2 cm³/mol. The van der Waals surface area contributed by atoms with Gasteiger partial charge < -0.3 is 14.7 Å². The molecule has 96 valence electrons. The molecule has 0 amide bonds. The first-order valence-electron chi connectivity index (χ1n) is 5.71. The number of aromatic nitrogens is 3. The molecule has 7 heteroatoms. The zero-order chi connectivity index (χ0) is 12.7. The van der Waals surface area contributed by atoms with Crippen LogP contribution in [-0.2, 0) is 11.8 Å². The van der Waals surface area contributed by atoms with Gasteiger partial charge in [-0.15, -0.1) is 0 Å². The van der Waals surface area contributed by atoms with E-state index in [1.165, 1.54) is 0 Å². The monoisotopic (exact) mass is 268 g/mol. The lowest BCUT2D eigenvalue weighted by molar-refractivity contribution is 0.122. The summed E-state index contributed by atoms with van der Waals surface area (Å²) in [5.74, 6) is 0.705. The van der Waals surface area contributed by atoms with Crippen molar-refractivity contribution >= 4 is 28.5 Å². The Morgan fingerprint density at radius 1 is 1.33 bits per heavy atom. The van der Waals surface area contributed by atoms with Crippen molar-refractivity contribution in [2.45, 2.75) is 0 Å². The van der Waals surface area contributed by atoms with Crippen LogP contribution in [-0.4, -0.2) is 45.9 Å². The second-order valence-corrected chi connectivity index (χ2v) is 4.59. The summed E-state index contributed by atoms with van der Waals surface area (Å²) >= 11 is 6.03. The van der Waals surface area contributed by atoms with E-state index >= 15 is 0 Å². The quantitative estimate of drug-likeness (QED) is 0.787. The average Bonchev–Trinajstić information content (AvgIpc) is 2.66. The zero-order valence-corrected chi connectivity index (χ0v) is 10.7. The molecule has 1 fully saturated rings. The van der Waals surface area contributed by atoms with E-state index in [0.29, 0.717) is 29.7 Å². The van der Waals surface area contributed by atoms with Gasteiger partial charge >= 0.3 is 0 Å². The van der Waals surface area contributed by atoms with E-state index in [2.05, 4.69) is 14.9 Å². The molecule has 0 spiro atoms. The molecule has 0 unspecified atom stereocenters. The van der Waals surface area contributed by atoms with Crippen LogP contribution in [0.4, 0.5) is 5.82 Å². The fraction of sp³-hybridized carbons (Fsp3) is 0.455. The molecule has 18 heavy (non-hydrogen) atoms. The first-order chi connectivity index (χ1) is 8.66. The van der Waals surface area contributed by atoms with Crippen molar-refractivity contribution < 1.29 is 9.84 Å². The van der Waals surface area contributed by atoms with Gasteiger partial charge in [-0.25, -0.2) is 4.98 Å². The van der Waals surface area contributed by atoms with Crippen LogP contribution in [0.1, 0.15) is 0 Å². The Labute approximate surface area is 109 Å². The number of hydrogen-bond acceptors (Lipinski definition) is 5. The van der Waals surface area contributed by atoms with Gasteiger partial charge in [0.2, 0.25) is 0 Å². The second-order valence-electron chi connectivity index (χ2n) is 4.21. The van der Waals surface area contributed by atoms with Gasteiger partial charge in [0.1, 0.15) is 10.7 Å². The minimum atomic E-state index is -0.0384. The maximum absolute atomic E-state index is 9.69. The van der Waals surface area contributed by atoms with Gasteiger partial charge in [0, 0.05) is 26.2 Å². The summed E-state index contributed by atoms with van der Waals surface area (Å²) in [7, 11) is 1.74. The van der Waals surface area contributed by atoms with Gasteiger partial charge in [-0.1, -0.05) is 11.6 Å². The molecule has 1 N–H and O–H groups in total. The number of fused-ring (bicyclic) bond motifs is 1. The van der Waals surface area contributed by atoms with E-state index in [1.54, 1.807) is 17.7 Å². The van der Waals surface area contributed by atoms with Gasteiger partial charge in [0.15, 0.2) is 5.82 Å². The van der Waals surface area contributed by atoms with Gasteiger partial charge in [-0.2, -0.15) is 4.98 Å². The molecule has 6 nitrogen and oxygen atoms in total. The highest BCUT2D eigenvalue weighted by atomic mass is 35.5. The predicted octanol–water partition coefficient (Wildman–Crippen LogP) is 1.16. The van der Waals surface area contributed by atoms with E-state index in [9.17, 15) is 5.11 Å². The lowest BCUT2D eigenvalue weighted by Gasteiger charge is -2.27. The Bertz CT molecular complexity index is 592. The van der Waals surface area contributed by atoms with Crippen LogP contribution in [0.25, 0.3) is 11.0 Å². The summed E-state index contributed by atoms with van der Waals surface area (Å²) in [5.41, 5.74) is 1.44. The lowest BCUT2D eigenvalue weighted by atomic mass is 10.3. The number of imidazole rings is 1. The minimum absolute atomic E-state index is 0.0384. The molecule has 1 saturated heterocycles. The third-order valence-electron chi connectivity index (χ3n) is 3.11. The molecule has 2 aromatic rings. The number of anilines is 1. The summed E-state index contributed by atoms with van der Waals surface area (Å²) in [6.07, 6.45) is 0. The number of hydrogen-bond donors (Lipinski definition) is 1. The maximum Gasteiger partial charge on any atom is 0.294 e. The van der Waals surface area contributed by atoms with E-state index in [0.717, 1.165) is 18.6 Å². The van der Waals surface area contributed by atoms with Crippen molar-refractivity contribution in [3.8, 4) is 6.01 Å². The number of halogens is 1. The van der Waals surface area contributed by atoms with Crippen LogP contribution >= 0.6 is 11.6 Å².